The maximum atomic E-state index is 14.0. The molecule has 160 valence electrons. The van der Waals surface area contributed by atoms with E-state index >= 15 is 0 Å². The molecule has 0 bridgehead atoms. The van der Waals surface area contributed by atoms with Crippen LogP contribution in [0.1, 0.15) is 23.5 Å². The summed E-state index contributed by atoms with van der Waals surface area (Å²) in [6.45, 7) is 3.87. The molecular weight excluding hydrogens is 399 g/mol. The molecule has 0 unspecified atom stereocenters. The van der Waals surface area contributed by atoms with Crippen molar-refractivity contribution in [2.75, 3.05) is 19.0 Å². The molecule has 1 aromatic carbocycles. The molecule has 2 heterocycles. The fraction of sp³-hybridized carbons (Fsp3) is 0.304. The van der Waals surface area contributed by atoms with Gasteiger partial charge in [0.1, 0.15) is 11.6 Å². The quantitative estimate of drug-likeness (QED) is 0.626. The van der Waals surface area contributed by atoms with E-state index in [1.165, 1.54) is 13.2 Å². The Bertz CT molecular complexity index is 1110. The van der Waals surface area contributed by atoms with E-state index in [2.05, 4.69) is 20.3 Å². The Morgan fingerprint density at radius 1 is 1.23 bits per heavy atom. The molecule has 2 atom stereocenters. The number of hydrogen-bond acceptors (Lipinski definition) is 6. The van der Waals surface area contributed by atoms with Crippen molar-refractivity contribution < 1.29 is 18.7 Å². The van der Waals surface area contributed by atoms with Crippen molar-refractivity contribution in [3.63, 3.8) is 0 Å². The minimum absolute atomic E-state index is 0.127. The molecule has 0 spiro atoms. The average Bonchev–Trinajstić information content (AvgIpc) is 3.50. The SMILES string of the molecule is COc1cc([C@]2(COc3cnc(C)nc3C)C[C@H]2C(=O)Nc2ccccn2)ccc1F. The fourth-order valence-electron chi connectivity index (χ4n) is 3.75. The smallest absolute Gasteiger partial charge is 0.229 e. The zero-order chi connectivity index (χ0) is 22.0. The number of rotatable bonds is 7. The van der Waals surface area contributed by atoms with Crippen LogP contribution in [-0.2, 0) is 10.2 Å². The van der Waals surface area contributed by atoms with Crippen LogP contribution in [0.5, 0.6) is 11.5 Å². The number of aromatic nitrogens is 3. The van der Waals surface area contributed by atoms with Crippen molar-refractivity contribution in [2.24, 2.45) is 5.92 Å². The van der Waals surface area contributed by atoms with Crippen molar-refractivity contribution >= 4 is 11.7 Å². The van der Waals surface area contributed by atoms with Gasteiger partial charge >= 0.3 is 0 Å². The van der Waals surface area contributed by atoms with Crippen molar-refractivity contribution in [3.05, 3.63) is 71.7 Å². The number of halogens is 1. The van der Waals surface area contributed by atoms with Crippen LogP contribution >= 0.6 is 0 Å². The summed E-state index contributed by atoms with van der Waals surface area (Å²) < 4.78 is 25.2. The third-order valence-corrected chi connectivity index (χ3v) is 5.57. The number of nitrogens with zero attached hydrogens (tertiary/aromatic N) is 3. The maximum absolute atomic E-state index is 14.0. The van der Waals surface area contributed by atoms with Gasteiger partial charge in [0.15, 0.2) is 17.3 Å². The molecule has 1 fully saturated rings. The monoisotopic (exact) mass is 422 g/mol. The Balaban J connectivity index is 1.61. The molecular formula is C23H23FN4O3. The molecule has 0 radical (unpaired) electrons. The van der Waals surface area contributed by atoms with Gasteiger partial charge in [0.2, 0.25) is 5.91 Å². The molecule has 0 aliphatic heterocycles. The average molecular weight is 422 g/mol. The number of hydrogen-bond donors (Lipinski definition) is 1. The largest absolute Gasteiger partial charge is 0.494 e. The number of aryl methyl sites for hydroxylation is 2. The summed E-state index contributed by atoms with van der Waals surface area (Å²) in [5.74, 6) is 0.826. The van der Waals surface area contributed by atoms with Gasteiger partial charge in [0.05, 0.1) is 31.5 Å². The van der Waals surface area contributed by atoms with Crippen LogP contribution in [0.2, 0.25) is 0 Å². The van der Waals surface area contributed by atoms with Crippen molar-refractivity contribution in [2.45, 2.75) is 25.7 Å². The van der Waals surface area contributed by atoms with Crippen LogP contribution in [0.15, 0.2) is 48.8 Å². The third-order valence-electron chi connectivity index (χ3n) is 5.57. The van der Waals surface area contributed by atoms with Crippen LogP contribution in [0.3, 0.4) is 0 Å². The lowest BCUT2D eigenvalue weighted by Crippen LogP contribution is -2.27. The fourth-order valence-corrected chi connectivity index (χ4v) is 3.75. The van der Waals surface area contributed by atoms with E-state index in [1.807, 2.05) is 13.8 Å². The van der Waals surface area contributed by atoms with Gasteiger partial charge in [0.25, 0.3) is 0 Å². The molecule has 2 aromatic heterocycles. The highest BCUT2D eigenvalue weighted by atomic mass is 19.1. The van der Waals surface area contributed by atoms with Gasteiger partial charge in [-0.2, -0.15) is 0 Å². The summed E-state index contributed by atoms with van der Waals surface area (Å²) in [5.41, 5.74) is 0.865. The van der Waals surface area contributed by atoms with Gasteiger partial charge in [-0.15, -0.1) is 0 Å². The van der Waals surface area contributed by atoms with Gasteiger partial charge in [-0.3, -0.25) is 4.79 Å². The molecule has 7 nitrogen and oxygen atoms in total. The molecule has 8 heteroatoms. The Morgan fingerprint density at radius 2 is 2.06 bits per heavy atom. The van der Waals surface area contributed by atoms with Crippen LogP contribution < -0.4 is 14.8 Å². The number of anilines is 1. The van der Waals surface area contributed by atoms with E-state index in [0.29, 0.717) is 23.8 Å². The molecule has 1 aliphatic rings. The summed E-state index contributed by atoms with van der Waals surface area (Å²) in [6.07, 6.45) is 3.79. The Morgan fingerprint density at radius 3 is 2.77 bits per heavy atom. The summed E-state index contributed by atoms with van der Waals surface area (Å²) in [5, 5.41) is 2.85. The topological polar surface area (TPSA) is 86.2 Å². The number of nitrogens with one attached hydrogen (secondary N) is 1. The zero-order valence-corrected chi connectivity index (χ0v) is 17.6. The summed E-state index contributed by atoms with van der Waals surface area (Å²) in [4.78, 5) is 25.6. The van der Waals surface area contributed by atoms with Gasteiger partial charge in [-0.05, 0) is 50.1 Å². The second-order valence-electron chi connectivity index (χ2n) is 7.62. The normalized spacial score (nSPS) is 19.5. The summed E-state index contributed by atoms with van der Waals surface area (Å²) in [6, 6.07) is 9.96. The number of pyridine rings is 1. The van der Waals surface area contributed by atoms with Gasteiger partial charge < -0.3 is 14.8 Å². The van der Waals surface area contributed by atoms with E-state index in [4.69, 9.17) is 9.47 Å². The highest BCUT2D eigenvalue weighted by Gasteiger charge is 2.60. The molecule has 1 aliphatic carbocycles. The minimum Gasteiger partial charge on any atom is -0.494 e. The Labute approximate surface area is 179 Å². The number of ether oxygens (including phenoxy) is 2. The zero-order valence-electron chi connectivity index (χ0n) is 17.6. The second-order valence-corrected chi connectivity index (χ2v) is 7.62. The minimum atomic E-state index is -0.628. The first-order chi connectivity index (χ1) is 14.9. The van der Waals surface area contributed by atoms with E-state index in [-0.39, 0.29) is 24.2 Å². The van der Waals surface area contributed by atoms with E-state index < -0.39 is 11.2 Å². The van der Waals surface area contributed by atoms with Crippen LogP contribution in [0, 0.1) is 25.6 Å². The van der Waals surface area contributed by atoms with Gasteiger partial charge in [-0.25, -0.2) is 19.3 Å². The lowest BCUT2D eigenvalue weighted by molar-refractivity contribution is -0.117. The van der Waals surface area contributed by atoms with E-state index in [1.54, 1.807) is 42.7 Å². The molecule has 1 amide bonds. The summed E-state index contributed by atoms with van der Waals surface area (Å²) in [7, 11) is 1.41. The predicted molar refractivity (Wildman–Crippen MR) is 113 cm³/mol. The van der Waals surface area contributed by atoms with E-state index in [9.17, 15) is 9.18 Å². The number of amides is 1. The molecule has 0 saturated heterocycles. The number of carbonyl (C=O) groups is 1. The number of carbonyl (C=O) groups excluding carboxylic acids is 1. The van der Waals surface area contributed by atoms with Crippen molar-refractivity contribution in [1.29, 1.82) is 0 Å². The molecule has 3 aromatic rings. The second kappa shape index (κ2) is 8.29. The highest BCUT2D eigenvalue weighted by molar-refractivity contribution is 5.95. The molecule has 1 N–H and O–H groups in total. The predicted octanol–water partition coefficient (Wildman–Crippen LogP) is 3.61. The Hall–Kier alpha value is -3.55. The van der Waals surface area contributed by atoms with Crippen molar-refractivity contribution in [3.8, 4) is 11.5 Å². The van der Waals surface area contributed by atoms with Crippen molar-refractivity contribution in [1.82, 2.24) is 15.0 Å². The first-order valence-corrected chi connectivity index (χ1v) is 9.92. The summed E-state index contributed by atoms with van der Waals surface area (Å²) >= 11 is 0. The third kappa shape index (κ3) is 4.19. The number of methoxy groups -OCH3 is 1. The number of benzene rings is 1. The van der Waals surface area contributed by atoms with Gasteiger partial charge in [-0.1, -0.05) is 12.1 Å². The maximum Gasteiger partial charge on any atom is 0.229 e. The Kier molecular flexibility index (Phi) is 5.54. The standard InChI is InChI=1S/C23H23FN4O3/c1-14-20(12-26-15(2)27-14)31-13-23(16-7-8-18(24)19(10-16)30-3)11-17(23)22(29)28-21-6-4-5-9-25-21/h4-10,12,17H,11,13H2,1-3H3,(H,25,28,29)/t17-,23+/m0/s1. The molecule has 1 saturated carbocycles. The van der Waals surface area contributed by atoms with Crippen LogP contribution in [-0.4, -0.2) is 34.6 Å². The van der Waals surface area contributed by atoms with E-state index in [0.717, 1.165) is 11.3 Å². The van der Waals surface area contributed by atoms with Crippen LogP contribution in [0.25, 0.3) is 0 Å². The first-order valence-electron chi connectivity index (χ1n) is 9.92. The lowest BCUT2D eigenvalue weighted by atomic mass is 9.93. The molecule has 4 rings (SSSR count). The molecule has 31 heavy (non-hydrogen) atoms. The van der Waals surface area contributed by atoms with Gasteiger partial charge in [0, 0.05) is 11.6 Å². The lowest BCUT2D eigenvalue weighted by Gasteiger charge is -2.20. The first kappa shape index (κ1) is 20.7. The highest BCUT2D eigenvalue weighted by Crippen LogP contribution is 2.55. The van der Waals surface area contributed by atoms with Crippen LogP contribution in [0.4, 0.5) is 10.2 Å².